The van der Waals surface area contributed by atoms with Crippen LogP contribution < -0.4 is 10.6 Å². The smallest absolute Gasteiger partial charge is 0.106 e. The second kappa shape index (κ2) is 6.75. The number of nitrogens with zero attached hydrogens (tertiary/aromatic N) is 2. The lowest BCUT2D eigenvalue weighted by molar-refractivity contribution is 0.141. The summed E-state index contributed by atoms with van der Waals surface area (Å²) in [6, 6.07) is 9.05. The van der Waals surface area contributed by atoms with Crippen LogP contribution in [0.4, 0.5) is 5.69 Å². The molecule has 4 heteroatoms. The Bertz CT molecular complexity index is 489. The maximum Gasteiger partial charge on any atom is 0.106 e. The van der Waals surface area contributed by atoms with Crippen molar-refractivity contribution in [2.45, 2.75) is 38.1 Å². The highest BCUT2D eigenvalue weighted by Gasteiger charge is 2.26. The fraction of sp³-hybridized carbons (Fsp3) is 0.588. The van der Waals surface area contributed by atoms with Gasteiger partial charge in [0.1, 0.15) is 4.99 Å². The first-order chi connectivity index (χ1) is 10.3. The van der Waals surface area contributed by atoms with E-state index in [1.54, 1.807) is 0 Å². The molecule has 0 atom stereocenters. The Hall–Kier alpha value is -1.13. The van der Waals surface area contributed by atoms with Crippen molar-refractivity contribution in [3.05, 3.63) is 29.8 Å². The molecule has 3 nitrogen and oxygen atoms in total. The topological polar surface area (TPSA) is 32.5 Å². The van der Waals surface area contributed by atoms with E-state index in [-0.39, 0.29) is 0 Å². The summed E-state index contributed by atoms with van der Waals surface area (Å²) >= 11 is 5.19. The average molecular weight is 303 g/mol. The number of nitrogens with two attached hydrogens (primary N) is 1. The van der Waals surface area contributed by atoms with Gasteiger partial charge >= 0.3 is 0 Å². The molecule has 0 radical (unpaired) electrons. The van der Waals surface area contributed by atoms with E-state index in [1.807, 2.05) is 12.1 Å². The molecule has 21 heavy (non-hydrogen) atoms. The second-order valence-corrected chi connectivity index (χ2v) is 6.64. The third-order valence-corrected chi connectivity index (χ3v) is 5.10. The van der Waals surface area contributed by atoms with Gasteiger partial charge in [0.25, 0.3) is 0 Å². The third kappa shape index (κ3) is 3.38. The molecule has 0 amide bonds. The van der Waals surface area contributed by atoms with Crippen LogP contribution in [0, 0.1) is 0 Å². The van der Waals surface area contributed by atoms with Crippen molar-refractivity contribution in [2.75, 3.05) is 31.1 Å². The largest absolute Gasteiger partial charge is 0.389 e. The highest BCUT2D eigenvalue weighted by molar-refractivity contribution is 7.80. The van der Waals surface area contributed by atoms with Gasteiger partial charge in [0.15, 0.2) is 0 Å². The molecule has 0 bridgehead atoms. The van der Waals surface area contributed by atoms with Crippen molar-refractivity contribution >= 4 is 22.9 Å². The molecule has 0 unspecified atom stereocenters. The molecule has 1 aromatic rings. The first kappa shape index (κ1) is 14.8. The summed E-state index contributed by atoms with van der Waals surface area (Å²) in [6.45, 7) is 4.82. The van der Waals surface area contributed by atoms with Gasteiger partial charge in [0.2, 0.25) is 0 Å². The number of rotatable bonds is 3. The van der Waals surface area contributed by atoms with Crippen molar-refractivity contribution in [1.29, 1.82) is 0 Å². The Labute approximate surface area is 133 Å². The zero-order valence-electron chi connectivity index (χ0n) is 12.6. The fourth-order valence-corrected chi connectivity index (χ4v) is 3.89. The molecule has 114 valence electrons. The number of piperidine rings is 2. The zero-order valence-corrected chi connectivity index (χ0v) is 13.4. The Morgan fingerprint density at radius 3 is 2.33 bits per heavy atom. The molecule has 0 saturated carbocycles. The van der Waals surface area contributed by atoms with Gasteiger partial charge in [-0.1, -0.05) is 30.8 Å². The van der Waals surface area contributed by atoms with Crippen molar-refractivity contribution in [3.8, 4) is 0 Å². The van der Waals surface area contributed by atoms with Gasteiger partial charge < -0.3 is 15.5 Å². The van der Waals surface area contributed by atoms with Crippen LogP contribution >= 0.6 is 12.2 Å². The molecule has 2 aliphatic rings. The monoisotopic (exact) mass is 303 g/mol. The Kier molecular flexibility index (Phi) is 4.76. The number of hydrogen-bond acceptors (Lipinski definition) is 3. The van der Waals surface area contributed by atoms with E-state index < -0.39 is 0 Å². The first-order valence-corrected chi connectivity index (χ1v) is 8.54. The minimum atomic E-state index is 0.503. The molecular formula is C17H25N3S. The maximum atomic E-state index is 5.86. The summed E-state index contributed by atoms with van der Waals surface area (Å²) in [5.74, 6) is 0. The maximum absolute atomic E-state index is 5.86. The lowest BCUT2D eigenvalue weighted by Gasteiger charge is -2.41. The van der Waals surface area contributed by atoms with E-state index in [9.17, 15) is 0 Å². The van der Waals surface area contributed by atoms with Gasteiger partial charge in [-0.25, -0.2) is 0 Å². The number of thiocarbonyl (C=S) groups is 1. The fourth-order valence-electron chi connectivity index (χ4n) is 3.71. The van der Waals surface area contributed by atoms with Gasteiger partial charge in [-0.05, 0) is 50.9 Å². The molecule has 0 aromatic heterocycles. The van der Waals surface area contributed by atoms with Crippen LogP contribution in [0.15, 0.2) is 24.3 Å². The normalized spacial score (nSPS) is 21.4. The van der Waals surface area contributed by atoms with E-state index in [0.29, 0.717) is 4.99 Å². The summed E-state index contributed by atoms with van der Waals surface area (Å²) in [6.07, 6.45) is 6.68. The van der Waals surface area contributed by atoms with Crippen LogP contribution in [0.25, 0.3) is 0 Å². The molecule has 2 aliphatic heterocycles. The lowest BCUT2D eigenvalue weighted by Crippen LogP contribution is -2.47. The van der Waals surface area contributed by atoms with Gasteiger partial charge in [0.05, 0.1) is 0 Å². The van der Waals surface area contributed by atoms with Gasteiger partial charge in [-0.2, -0.15) is 0 Å². The SMILES string of the molecule is NC(=S)c1ccccc1N1CCC(N2CCCCC2)CC1. The number of hydrogen-bond donors (Lipinski definition) is 1. The molecule has 0 spiro atoms. The van der Waals surface area contributed by atoms with E-state index in [2.05, 4.69) is 21.9 Å². The quantitative estimate of drug-likeness (QED) is 0.870. The van der Waals surface area contributed by atoms with E-state index in [0.717, 1.165) is 24.7 Å². The van der Waals surface area contributed by atoms with Crippen LogP contribution in [0.1, 0.15) is 37.7 Å². The number of likely N-dealkylation sites (tertiary alicyclic amines) is 1. The average Bonchev–Trinajstić information content (AvgIpc) is 2.56. The minimum absolute atomic E-state index is 0.503. The Morgan fingerprint density at radius 2 is 1.67 bits per heavy atom. The predicted molar refractivity (Wildman–Crippen MR) is 93.0 cm³/mol. The lowest BCUT2D eigenvalue weighted by atomic mass is 9.99. The highest BCUT2D eigenvalue weighted by atomic mass is 32.1. The zero-order chi connectivity index (χ0) is 14.7. The summed E-state index contributed by atoms with van der Waals surface area (Å²) in [5, 5.41) is 0. The van der Waals surface area contributed by atoms with Crippen LogP contribution in [-0.4, -0.2) is 42.1 Å². The van der Waals surface area contributed by atoms with Crippen LogP contribution in [-0.2, 0) is 0 Å². The van der Waals surface area contributed by atoms with Crippen LogP contribution in [0.5, 0.6) is 0 Å². The van der Waals surface area contributed by atoms with E-state index in [1.165, 1.54) is 50.9 Å². The molecule has 0 aliphatic carbocycles. The molecule has 2 saturated heterocycles. The Morgan fingerprint density at radius 1 is 1.00 bits per heavy atom. The standard InChI is InChI=1S/C17H25N3S/c18-17(21)15-6-2-3-7-16(15)20-12-8-14(9-13-20)19-10-4-1-5-11-19/h2-3,6-7,14H,1,4-5,8-13H2,(H2,18,21). The van der Waals surface area contributed by atoms with E-state index in [4.69, 9.17) is 18.0 Å². The minimum Gasteiger partial charge on any atom is -0.389 e. The Balaban J connectivity index is 1.64. The summed E-state index contributed by atoms with van der Waals surface area (Å²) in [5.41, 5.74) is 8.09. The van der Waals surface area contributed by atoms with Gasteiger partial charge in [-0.3, -0.25) is 0 Å². The number of anilines is 1. The van der Waals surface area contributed by atoms with E-state index >= 15 is 0 Å². The van der Waals surface area contributed by atoms with Crippen LogP contribution in [0.2, 0.25) is 0 Å². The molecule has 2 N–H and O–H groups in total. The predicted octanol–water partition coefficient (Wildman–Crippen LogP) is 2.78. The second-order valence-electron chi connectivity index (χ2n) is 6.20. The molecule has 1 aromatic carbocycles. The number of benzene rings is 1. The summed E-state index contributed by atoms with van der Waals surface area (Å²) in [4.78, 5) is 5.67. The van der Waals surface area contributed by atoms with Crippen LogP contribution in [0.3, 0.4) is 0 Å². The number of para-hydroxylation sites is 1. The molecule has 2 fully saturated rings. The summed E-state index contributed by atoms with van der Waals surface area (Å²) in [7, 11) is 0. The molecule has 3 rings (SSSR count). The highest BCUT2D eigenvalue weighted by Crippen LogP contribution is 2.27. The van der Waals surface area contributed by atoms with Crippen molar-refractivity contribution in [3.63, 3.8) is 0 Å². The summed E-state index contributed by atoms with van der Waals surface area (Å²) < 4.78 is 0. The molecule has 2 heterocycles. The first-order valence-electron chi connectivity index (χ1n) is 8.13. The molecular weight excluding hydrogens is 278 g/mol. The van der Waals surface area contributed by atoms with Crippen molar-refractivity contribution < 1.29 is 0 Å². The van der Waals surface area contributed by atoms with Gasteiger partial charge in [-0.15, -0.1) is 0 Å². The van der Waals surface area contributed by atoms with Crippen molar-refractivity contribution in [1.82, 2.24) is 4.90 Å². The van der Waals surface area contributed by atoms with Gasteiger partial charge in [0, 0.05) is 30.4 Å². The third-order valence-electron chi connectivity index (χ3n) is 4.88. The van der Waals surface area contributed by atoms with Crippen molar-refractivity contribution in [2.24, 2.45) is 5.73 Å².